The lowest BCUT2D eigenvalue weighted by Crippen LogP contribution is -2.31. The minimum Gasteiger partial charge on any atom is -0.497 e. The van der Waals surface area contributed by atoms with Gasteiger partial charge >= 0.3 is 0 Å². The third-order valence-corrected chi connectivity index (χ3v) is 5.45. The third-order valence-electron chi connectivity index (χ3n) is 5.45. The number of fused-ring (bicyclic) bond motifs is 1. The summed E-state index contributed by atoms with van der Waals surface area (Å²) in [6, 6.07) is 10.2. The highest BCUT2D eigenvalue weighted by molar-refractivity contribution is 5.95. The van der Waals surface area contributed by atoms with Crippen molar-refractivity contribution < 1.29 is 23.7 Å². The van der Waals surface area contributed by atoms with Crippen LogP contribution in [0.5, 0.6) is 23.0 Å². The van der Waals surface area contributed by atoms with Crippen LogP contribution in [0.3, 0.4) is 0 Å². The van der Waals surface area contributed by atoms with Crippen molar-refractivity contribution in [2.75, 3.05) is 33.8 Å². The molecule has 10 nitrogen and oxygen atoms in total. The zero-order valence-electron chi connectivity index (χ0n) is 19.0. The summed E-state index contributed by atoms with van der Waals surface area (Å²) in [5.41, 5.74) is 8.17. The van der Waals surface area contributed by atoms with Crippen molar-refractivity contribution in [1.29, 1.82) is 0 Å². The number of anilines is 1. The first-order chi connectivity index (χ1) is 15.9. The minimum absolute atomic E-state index is 0.370. The van der Waals surface area contributed by atoms with E-state index in [1.165, 1.54) is 0 Å². The van der Waals surface area contributed by atoms with Crippen LogP contribution in [0.4, 0.5) is 5.95 Å². The minimum atomic E-state index is -0.618. The molecule has 0 radical (unpaired) electrons. The molecule has 1 aliphatic heterocycles. The van der Waals surface area contributed by atoms with Crippen LogP contribution in [0.2, 0.25) is 0 Å². The van der Waals surface area contributed by atoms with Crippen LogP contribution >= 0.6 is 0 Å². The average Bonchev–Trinajstić information content (AvgIpc) is 3.25. The molecule has 1 amide bonds. The standard InChI is InChI=1S/C23H25N5O5/c1-12-19(21(24)29)20(13-6-7-17(32-4)18(10-13)33-5)28-23(25-12)26-22(27-28)14-8-15(30-2)11-16(9-14)31-3/h6-11,20H,1-5H3,(H2,24,29)(H,25,26,27)/t20-/m1/s1. The van der Waals surface area contributed by atoms with E-state index in [-0.39, 0.29) is 0 Å². The first-order valence-electron chi connectivity index (χ1n) is 10.1. The van der Waals surface area contributed by atoms with Crippen LogP contribution in [0.15, 0.2) is 47.7 Å². The second-order valence-electron chi connectivity index (χ2n) is 7.35. The fourth-order valence-corrected chi connectivity index (χ4v) is 3.86. The Morgan fingerprint density at radius 1 is 0.970 bits per heavy atom. The summed E-state index contributed by atoms with van der Waals surface area (Å²) >= 11 is 0. The van der Waals surface area contributed by atoms with Gasteiger partial charge in [-0.15, -0.1) is 5.10 Å². The van der Waals surface area contributed by atoms with Crippen LogP contribution < -0.4 is 30.0 Å². The maximum Gasteiger partial charge on any atom is 0.248 e. The maximum absolute atomic E-state index is 12.5. The molecular weight excluding hydrogens is 426 g/mol. The Morgan fingerprint density at radius 2 is 1.64 bits per heavy atom. The van der Waals surface area contributed by atoms with Crippen LogP contribution in [0.1, 0.15) is 18.5 Å². The lowest BCUT2D eigenvalue weighted by atomic mass is 9.95. The Hall–Kier alpha value is -4.21. The topological polar surface area (TPSA) is 123 Å². The molecule has 1 aromatic heterocycles. The van der Waals surface area contributed by atoms with Crippen molar-refractivity contribution in [3.63, 3.8) is 0 Å². The van der Waals surface area contributed by atoms with E-state index < -0.39 is 11.9 Å². The molecule has 2 heterocycles. The quantitative estimate of drug-likeness (QED) is 0.562. The number of rotatable bonds is 7. The number of nitrogens with zero attached hydrogens (tertiary/aromatic N) is 3. The largest absolute Gasteiger partial charge is 0.497 e. The molecular formula is C23H25N5O5. The summed E-state index contributed by atoms with van der Waals surface area (Å²) in [5.74, 6) is 2.63. The first kappa shape index (κ1) is 22.0. The molecule has 0 unspecified atom stereocenters. The highest BCUT2D eigenvalue weighted by atomic mass is 16.5. The lowest BCUT2D eigenvalue weighted by molar-refractivity contribution is -0.115. The number of hydrogen-bond donors (Lipinski definition) is 2. The maximum atomic E-state index is 12.5. The number of allylic oxidation sites excluding steroid dienone is 1. The summed E-state index contributed by atoms with van der Waals surface area (Å²) < 4.78 is 23.2. The molecule has 1 aliphatic rings. The Morgan fingerprint density at radius 3 is 2.21 bits per heavy atom. The third kappa shape index (κ3) is 3.91. The van der Waals surface area contributed by atoms with Crippen molar-refractivity contribution >= 4 is 11.9 Å². The molecule has 0 spiro atoms. The number of benzene rings is 2. The zero-order valence-corrected chi connectivity index (χ0v) is 19.0. The van der Waals surface area contributed by atoms with E-state index in [9.17, 15) is 4.79 Å². The number of nitrogens with two attached hydrogens (primary N) is 1. The molecule has 33 heavy (non-hydrogen) atoms. The van der Waals surface area contributed by atoms with E-state index in [1.807, 2.05) is 18.2 Å². The number of primary amides is 1. The van der Waals surface area contributed by atoms with Gasteiger partial charge in [0.1, 0.15) is 17.5 Å². The number of aromatic nitrogens is 3. The fourth-order valence-electron chi connectivity index (χ4n) is 3.86. The van der Waals surface area contributed by atoms with Crippen molar-refractivity contribution in [3.8, 4) is 34.4 Å². The van der Waals surface area contributed by atoms with Gasteiger partial charge in [-0.3, -0.25) is 4.79 Å². The van der Waals surface area contributed by atoms with E-state index in [2.05, 4.69) is 10.3 Å². The molecule has 0 fully saturated rings. The highest BCUT2D eigenvalue weighted by Crippen LogP contribution is 2.39. The van der Waals surface area contributed by atoms with Gasteiger partial charge in [-0.2, -0.15) is 4.98 Å². The van der Waals surface area contributed by atoms with Gasteiger partial charge in [-0.05, 0) is 36.8 Å². The van der Waals surface area contributed by atoms with E-state index in [0.717, 1.165) is 5.56 Å². The Bertz CT molecular complexity index is 1230. The smallest absolute Gasteiger partial charge is 0.248 e. The number of hydrogen-bond acceptors (Lipinski definition) is 8. The second-order valence-corrected chi connectivity index (χ2v) is 7.35. The van der Waals surface area contributed by atoms with Crippen molar-refractivity contribution in [2.24, 2.45) is 5.73 Å². The van der Waals surface area contributed by atoms with E-state index in [1.54, 1.807) is 58.2 Å². The predicted octanol–water partition coefficient (Wildman–Crippen LogP) is 2.75. The monoisotopic (exact) mass is 451 g/mol. The van der Waals surface area contributed by atoms with E-state index >= 15 is 0 Å². The normalized spacial score (nSPS) is 14.9. The van der Waals surface area contributed by atoms with Crippen molar-refractivity contribution in [1.82, 2.24) is 14.8 Å². The summed E-state index contributed by atoms with van der Waals surface area (Å²) in [6.07, 6.45) is 0. The average molecular weight is 451 g/mol. The number of carbonyl (C=O) groups is 1. The molecule has 10 heteroatoms. The summed E-state index contributed by atoms with van der Waals surface area (Å²) in [4.78, 5) is 17.1. The Balaban J connectivity index is 1.88. The molecule has 0 aliphatic carbocycles. The summed E-state index contributed by atoms with van der Waals surface area (Å²) in [7, 11) is 6.26. The van der Waals surface area contributed by atoms with E-state index in [0.29, 0.717) is 51.6 Å². The predicted molar refractivity (Wildman–Crippen MR) is 122 cm³/mol. The SMILES string of the molecule is COc1cc(OC)cc(-c2nc3n(n2)[C@H](c2ccc(OC)c(OC)c2)C(C(N)=O)=C(C)N3)c1. The van der Waals surface area contributed by atoms with Gasteiger partial charge in [-0.25, -0.2) is 4.68 Å². The fraction of sp³-hybridized carbons (Fsp3) is 0.261. The highest BCUT2D eigenvalue weighted by Gasteiger charge is 2.34. The van der Waals surface area contributed by atoms with Gasteiger partial charge < -0.3 is 30.0 Å². The number of nitrogens with one attached hydrogen (secondary N) is 1. The van der Waals surface area contributed by atoms with Gasteiger partial charge in [-0.1, -0.05) is 6.07 Å². The van der Waals surface area contributed by atoms with Crippen LogP contribution in [-0.4, -0.2) is 49.1 Å². The van der Waals surface area contributed by atoms with Gasteiger partial charge in [0, 0.05) is 17.3 Å². The van der Waals surface area contributed by atoms with Crippen LogP contribution in [0.25, 0.3) is 11.4 Å². The zero-order chi connectivity index (χ0) is 23.7. The van der Waals surface area contributed by atoms with Crippen molar-refractivity contribution in [2.45, 2.75) is 13.0 Å². The van der Waals surface area contributed by atoms with Crippen LogP contribution in [0, 0.1) is 0 Å². The molecule has 3 N–H and O–H groups in total. The van der Waals surface area contributed by atoms with Gasteiger partial charge in [0.2, 0.25) is 11.9 Å². The Labute approximate surface area is 190 Å². The molecule has 0 bridgehead atoms. The first-order valence-corrected chi connectivity index (χ1v) is 10.1. The molecule has 1 atom stereocenters. The number of amides is 1. The molecule has 0 saturated carbocycles. The van der Waals surface area contributed by atoms with Crippen molar-refractivity contribution in [3.05, 3.63) is 53.2 Å². The molecule has 3 aromatic rings. The number of carbonyl (C=O) groups excluding carboxylic acids is 1. The molecule has 172 valence electrons. The lowest BCUT2D eigenvalue weighted by Gasteiger charge is -2.28. The van der Waals surface area contributed by atoms with Gasteiger partial charge in [0.15, 0.2) is 17.3 Å². The Kier molecular flexibility index (Phi) is 5.82. The number of methoxy groups -OCH3 is 4. The van der Waals surface area contributed by atoms with Gasteiger partial charge in [0.05, 0.1) is 34.0 Å². The van der Waals surface area contributed by atoms with E-state index in [4.69, 9.17) is 29.8 Å². The van der Waals surface area contributed by atoms with Crippen LogP contribution in [-0.2, 0) is 4.79 Å². The summed E-state index contributed by atoms with van der Waals surface area (Å²) in [5, 5.41) is 7.85. The second kappa shape index (κ2) is 8.73. The molecule has 2 aromatic carbocycles. The number of ether oxygens (including phenoxy) is 4. The molecule has 0 saturated heterocycles. The summed E-state index contributed by atoms with van der Waals surface area (Å²) in [6.45, 7) is 1.78. The molecule has 4 rings (SSSR count). The van der Waals surface area contributed by atoms with Gasteiger partial charge in [0.25, 0.3) is 0 Å².